The molecule has 3 aromatic carbocycles. The quantitative estimate of drug-likeness (QED) is 0.543. The normalized spacial score (nSPS) is 12.6. The van der Waals surface area contributed by atoms with Crippen molar-refractivity contribution in [1.82, 2.24) is 9.55 Å². The molecule has 4 aromatic rings. The molecular formula is C20H17BrN2O2. The molecule has 1 aromatic heterocycles. The Morgan fingerprint density at radius 3 is 2.76 bits per heavy atom. The van der Waals surface area contributed by atoms with E-state index < -0.39 is 6.10 Å². The van der Waals surface area contributed by atoms with Gasteiger partial charge in [-0.25, -0.2) is 4.98 Å². The number of ether oxygens (including phenoxy) is 1. The van der Waals surface area contributed by atoms with E-state index >= 15 is 0 Å². The van der Waals surface area contributed by atoms with Crippen molar-refractivity contribution in [1.29, 1.82) is 0 Å². The zero-order valence-corrected chi connectivity index (χ0v) is 15.1. The van der Waals surface area contributed by atoms with Crippen LogP contribution >= 0.6 is 15.9 Å². The molecule has 0 bridgehead atoms. The van der Waals surface area contributed by atoms with Crippen LogP contribution in [0.15, 0.2) is 71.5 Å². The molecule has 0 saturated heterocycles. The molecule has 0 radical (unpaired) electrons. The standard InChI is InChI=1S/C20H17BrN2O2/c21-16-7-5-15-10-18(8-6-14(15)9-16)25-12-17(24)11-23-13-22-19-3-1-2-4-20(19)23/h1-10,13,17,24H,11-12H2. The third kappa shape index (κ3) is 3.52. The lowest BCUT2D eigenvalue weighted by Gasteiger charge is -2.14. The summed E-state index contributed by atoms with van der Waals surface area (Å²) < 4.78 is 8.77. The summed E-state index contributed by atoms with van der Waals surface area (Å²) in [7, 11) is 0. The number of halogens is 1. The van der Waals surface area contributed by atoms with Crippen molar-refractivity contribution >= 4 is 37.7 Å². The van der Waals surface area contributed by atoms with Gasteiger partial charge in [-0.05, 0) is 47.2 Å². The highest BCUT2D eigenvalue weighted by molar-refractivity contribution is 9.10. The summed E-state index contributed by atoms with van der Waals surface area (Å²) in [6.07, 6.45) is 1.14. The van der Waals surface area contributed by atoms with Crippen molar-refractivity contribution in [3.8, 4) is 5.75 Å². The smallest absolute Gasteiger partial charge is 0.120 e. The Balaban J connectivity index is 1.43. The average Bonchev–Trinajstić information content (AvgIpc) is 3.03. The van der Waals surface area contributed by atoms with Crippen molar-refractivity contribution in [2.24, 2.45) is 0 Å². The molecule has 0 amide bonds. The number of aliphatic hydroxyl groups is 1. The number of nitrogens with zero attached hydrogens (tertiary/aromatic N) is 2. The van der Waals surface area contributed by atoms with E-state index in [2.05, 4.69) is 27.0 Å². The number of aliphatic hydroxyl groups excluding tert-OH is 1. The molecular weight excluding hydrogens is 380 g/mol. The first-order chi connectivity index (χ1) is 12.2. The maximum absolute atomic E-state index is 10.3. The molecule has 0 fully saturated rings. The van der Waals surface area contributed by atoms with E-state index in [0.717, 1.165) is 32.0 Å². The van der Waals surface area contributed by atoms with Crippen LogP contribution in [0.1, 0.15) is 0 Å². The fraction of sp³-hybridized carbons (Fsp3) is 0.150. The predicted molar refractivity (Wildman–Crippen MR) is 103 cm³/mol. The van der Waals surface area contributed by atoms with Crippen LogP contribution in [-0.4, -0.2) is 27.4 Å². The number of aromatic nitrogens is 2. The summed E-state index contributed by atoms with van der Waals surface area (Å²) in [6.45, 7) is 0.676. The number of benzene rings is 3. The summed E-state index contributed by atoms with van der Waals surface area (Å²) in [5.74, 6) is 0.754. The fourth-order valence-corrected chi connectivity index (χ4v) is 3.29. The van der Waals surface area contributed by atoms with Crippen LogP contribution in [0.4, 0.5) is 0 Å². The second-order valence-corrected chi connectivity index (χ2v) is 6.92. The van der Waals surface area contributed by atoms with Gasteiger partial charge in [0.25, 0.3) is 0 Å². The Morgan fingerprint density at radius 2 is 1.84 bits per heavy atom. The second kappa shape index (κ2) is 6.86. The van der Waals surface area contributed by atoms with Crippen LogP contribution in [0.5, 0.6) is 5.75 Å². The molecule has 25 heavy (non-hydrogen) atoms. The molecule has 126 valence electrons. The summed E-state index contributed by atoms with van der Waals surface area (Å²) in [5, 5.41) is 12.6. The Morgan fingerprint density at radius 1 is 1.04 bits per heavy atom. The van der Waals surface area contributed by atoms with Gasteiger partial charge < -0.3 is 14.4 Å². The van der Waals surface area contributed by atoms with Crippen LogP contribution in [0.3, 0.4) is 0 Å². The van der Waals surface area contributed by atoms with Crippen molar-refractivity contribution in [3.05, 3.63) is 71.5 Å². The summed E-state index contributed by atoms with van der Waals surface area (Å²) in [4.78, 5) is 4.34. The molecule has 1 atom stereocenters. The highest BCUT2D eigenvalue weighted by Crippen LogP contribution is 2.24. The summed E-state index contributed by atoms with van der Waals surface area (Å²) in [6, 6.07) is 19.9. The van der Waals surface area contributed by atoms with Gasteiger partial charge in [-0.1, -0.05) is 40.2 Å². The van der Waals surface area contributed by atoms with Gasteiger partial charge in [-0.2, -0.15) is 0 Å². The lowest BCUT2D eigenvalue weighted by Crippen LogP contribution is -2.23. The Labute approximate surface area is 153 Å². The van der Waals surface area contributed by atoms with Crippen molar-refractivity contribution < 1.29 is 9.84 Å². The second-order valence-electron chi connectivity index (χ2n) is 6.00. The van der Waals surface area contributed by atoms with Crippen LogP contribution < -0.4 is 4.74 Å². The topological polar surface area (TPSA) is 47.3 Å². The van der Waals surface area contributed by atoms with E-state index in [0.29, 0.717) is 6.54 Å². The number of para-hydroxylation sites is 2. The van der Waals surface area contributed by atoms with Gasteiger partial charge in [0.15, 0.2) is 0 Å². The Kier molecular flexibility index (Phi) is 4.42. The molecule has 0 aliphatic rings. The molecule has 4 rings (SSSR count). The molecule has 4 nitrogen and oxygen atoms in total. The van der Waals surface area contributed by atoms with Gasteiger partial charge in [-0.3, -0.25) is 0 Å². The van der Waals surface area contributed by atoms with Gasteiger partial charge in [0.1, 0.15) is 18.5 Å². The van der Waals surface area contributed by atoms with Gasteiger partial charge in [0, 0.05) is 4.47 Å². The first-order valence-electron chi connectivity index (χ1n) is 8.09. The van der Waals surface area contributed by atoms with Gasteiger partial charge in [-0.15, -0.1) is 0 Å². The third-order valence-corrected chi connectivity index (χ3v) is 4.64. The van der Waals surface area contributed by atoms with Crippen LogP contribution in [-0.2, 0) is 6.54 Å². The molecule has 1 N–H and O–H groups in total. The molecule has 0 spiro atoms. The molecule has 5 heteroatoms. The maximum atomic E-state index is 10.3. The van der Waals surface area contributed by atoms with Crippen molar-refractivity contribution in [2.75, 3.05) is 6.61 Å². The molecule has 0 aliphatic carbocycles. The molecule has 0 saturated carbocycles. The minimum absolute atomic E-state index is 0.231. The predicted octanol–water partition coefficient (Wildman–Crippen LogP) is 4.39. The maximum Gasteiger partial charge on any atom is 0.120 e. The van der Waals surface area contributed by atoms with E-state index in [9.17, 15) is 5.11 Å². The van der Waals surface area contributed by atoms with Crippen LogP contribution in [0.25, 0.3) is 21.8 Å². The number of fused-ring (bicyclic) bond motifs is 2. The lowest BCUT2D eigenvalue weighted by molar-refractivity contribution is 0.0935. The Hall–Kier alpha value is -2.37. The SMILES string of the molecule is OC(COc1ccc2cc(Br)ccc2c1)Cn1cnc2ccccc21. The number of imidazole rings is 1. The largest absolute Gasteiger partial charge is 0.491 e. The first kappa shape index (κ1) is 16.1. The van der Waals surface area contributed by atoms with Crippen LogP contribution in [0.2, 0.25) is 0 Å². The van der Waals surface area contributed by atoms with Gasteiger partial charge in [0.05, 0.1) is 23.9 Å². The van der Waals surface area contributed by atoms with E-state index in [1.807, 2.05) is 59.2 Å². The zero-order valence-electron chi connectivity index (χ0n) is 13.5. The first-order valence-corrected chi connectivity index (χ1v) is 8.88. The minimum atomic E-state index is -0.613. The van der Waals surface area contributed by atoms with Crippen molar-refractivity contribution in [3.63, 3.8) is 0 Å². The van der Waals surface area contributed by atoms with Gasteiger partial charge >= 0.3 is 0 Å². The number of rotatable bonds is 5. The fourth-order valence-electron chi connectivity index (χ4n) is 2.91. The highest BCUT2D eigenvalue weighted by atomic mass is 79.9. The minimum Gasteiger partial charge on any atom is -0.491 e. The van der Waals surface area contributed by atoms with E-state index in [-0.39, 0.29) is 6.61 Å². The number of hydrogen-bond acceptors (Lipinski definition) is 3. The third-order valence-electron chi connectivity index (χ3n) is 4.15. The molecule has 1 heterocycles. The Bertz CT molecular complexity index is 1030. The summed E-state index contributed by atoms with van der Waals surface area (Å²) >= 11 is 3.47. The molecule has 1 unspecified atom stereocenters. The van der Waals surface area contributed by atoms with Crippen molar-refractivity contribution in [2.45, 2.75) is 12.6 Å². The van der Waals surface area contributed by atoms with E-state index in [4.69, 9.17) is 4.74 Å². The van der Waals surface area contributed by atoms with Gasteiger partial charge in [0.2, 0.25) is 0 Å². The van der Waals surface area contributed by atoms with E-state index in [1.165, 1.54) is 0 Å². The highest BCUT2D eigenvalue weighted by Gasteiger charge is 2.09. The van der Waals surface area contributed by atoms with Crippen LogP contribution in [0, 0.1) is 0 Å². The monoisotopic (exact) mass is 396 g/mol. The average molecular weight is 397 g/mol. The zero-order chi connectivity index (χ0) is 17.2. The van der Waals surface area contributed by atoms with E-state index in [1.54, 1.807) is 6.33 Å². The summed E-state index contributed by atoms with van der Waals surface area (Å²) in [5.41, 5.74) is 1.94. The number of hydrogen-bond donors (Lipinski definition) is 1. The molecule has 0 aliphatic heterocycles. The lowest BCUT2D eigenvalue weighted by atomic mass is 10.1.